The summed E-state index contributed by atoms with van der Waals surface area (Å²) in [6, 6.07) is 0. The van der Waals surface area contributed by atoms with Crippen molar-refractivity contribution in [3.8, 4) is 0 Å². The van der Waals surface area contributed by atoms with Crippen LogP contribution in [0.15, 0.2) is 0 Å². The highest BCUT2D eigenvalue weighted by Gasteiger charge is 2.30. The van der Waals surface area contributed by atoms with Gasteiger partial charge in [0.15, 0.2) is 0 Å². The number of hydrogen-bond acceptors (Lipinski definition) is 3. The fourth-order valence-corrected chi connectivity index (χ4v) is 2.96. The Morgan fingerprint density at radius 2 is 2.19 bits per heavy atom. The third-order valence-electron chi connectivity index (χ3n) is 4.24. The molecule has 2 heterocycles. The van der Waals surface area contributed by atoms with E-state index in [-0.39, 0.29) is 17.2 Å². The van der Waals surface area contributed by atoms with Crippen molar-refractivity contribution >= 4 is 5.91 Å². The molecule has 1 saturated carbocycles. The van der Waals surface area contributed by atoms with Crippen LogP contribution in [0.2, 0.25) is 0 Å². The molecule has 2 N–H and O–H groups in total. The summed E-state index contributed by atoms with van der Waals surface area (Å²) in [6.07, 6.45) is 3.14. The quantitative estimate of drug-likeness (QED) is 0.880. The van der Waals surface area contributed by atoms with Gasteiger partial charge in [-0.15, -0.1) is 0 Å². The molecule has 1 fully saturated rings. The lowest BCUT2D eigenvalue weighted by molar-refractivity contribution is -0.122. The highest BCUT2D eigenvalue weighted by Crippen LogP contribution is 2.29. The van der Waals surface area contributed by atoms with Gasteiger partial charge >= 0.3 is 0 Å². The minimum atomic E-state index is 0.0256. The Hall–Kier alpha value is -1.36. The lowest BCUT2D eigenvalue weighted by atomic mass is 9.95. The van der Waals surface area contributed by atoms with Crippen LogP contribution in [-0.2, 0) is 29.7 Å². The van der Waals surface area contributed by atoms with Gasteiger partial charge in [-0.25, -0.2) is 4.98 Å². The Labute approximate surface area is 126 Å². The van der Waals surface area contributed by atoms with Gasteiger partial charge in [0.1, 0.15) is 5.82 Å². The average molecular weight is 290 g/mol. The van der Waals surface area contributed by atoms with E-state index in [1.54, 1.807) is 0 Å². The van der Waals surface area contributed by atoms with Crippen molar-refractivity contribution in [2.45, 2.75) is 58.5 Å². The van der Waals surface area contributed by atoms with Crippen molar-refractivity contribution in [1.82, 2.24) is 20.2 Å². The van der Waals surface area contributed by atoms with E-state index in [0.29, 0.717) is 6.54 Å². The highest BCUT2D eigenvalue weighted by atomic mass is 16.2. The molecule has 5 heteroatoms. The standard InChI is InChI=1S/C16H26N4O/c1-16(2,3)15-19-12-10-17-7-6-13(12)20(15)9-8-18-14(21)11-4-5-11/h11,17H,4-10H2,1-3H3,(H,18,21). The monoisotopic (exact) mass is 290 g/mol. The molecule has 0 bridgehead atoms. The molecule has 5 nitrogen and oxygen atoms in total. The van der Waals surface area contributed by atoms with Gasteiger partial charge in [0.25, 0.3) is 0 Å². The first kappa shape index (κ1) is 14.6. The minimum Gasteiger partial charge on any atom is -0.354 e. The van der Waals surface area contributed by atoms with Gasteiger partial charge in [0.05, 0.1) is 5.69 Å². The Morgan fingerprint density at radius 1 is 1.43 bits per heavy atom. The molecule has 0 atom stereocenters. The Morgan fingerprint density at radius 3 is 2.86 bits per heavy atom. The summed E-state index contributed by atoms with van der Waals surface area (Å²) in [4.78, 5) is 16.6. The molecule has 1 aliphatic carbocycles. The molecule has 0 unspecified atom stereocenters. The van der Waals surface area contributed by atoms with Gasteiger partial charge in [-0.2, -0.15) is 0 Å². The van der Waals surface area contributed by atoms with Gasteiger partial charge in [0.2, 0.25) is 5.91 Å². The first-order valence-electron chi connectivity index (χ1n) is 8.04. The third kappa shape index (κ3) is 3.12. The molecular formula is C16H26N4O. The third-order valence-corrected chi connectivity index (χ3v) is 4.24. The Balaban J connectivity index is 1.75. The number of carbonyl (C=O) groups excluding carboxylic acids is 1. The van der Waals surface area contributed by atoms with E-state index < -0.39 is 0 Å². The number of amides is 1. The maximum Gasteiger partial charge on any atom is 0.223 e. The topological polar surface area (TPSA) is 59.0 Å². The van der Waals surface area contributed by atoms with Gasteiger partial charge in [-0.3, -0.25) is 4.79 Å². The van der Waals surface area contributed by atoms with E-state index in [4.69, 9.17) is 4.98 Å². The normalized spacial score (nSPS) is 18.4. The zero-order chi connectivity index (χ0) is 15.0. The number of nitrogens with one attached hydrogen (secondary N) is 2. The van der Waals surface area contributed by atoms with Crippen LogP contribution < -0.4 is 10.6 Å². The zero-order valence-electron chi connectivity index (χ0n) is 13.3. The Bertz CT molecular complexity index is 537. The SMILES string of the molecule is CC(C)(C)c1nc2c(n1CCNC(=O)C1CC1)CCNC2. The molecule has 21 heavy (non-hydrogen) atoms. The summed E-state index contributed by atoms with van der Waals surface area (Å²) in [5.74, 6) is 1.65. The smallest absolute Gasteiger partial charge is 0.223 e. The molecule has 3 rings (SSSR count). The van der Waals surface area contributed by atoms with Crippen molar-refractivity contribution in [3.05, 3.63) is 17.2 Å². The number of imidazole rings is 1. The minimum absolute atomic E-state index is 0.0256. The number of fused-ring (bicyclic) bond motifs is 1. The summed E-state index contributed by atoms with van der Waals surface area (Å²) >= 11 is 0. The number of aromatic nitrogens is 2. The van der Waals surface area contributed by atoms with Crippen LogP contribution in [0.4, 0.5) is 0 Å². The molecule has 1 aromatic rings. The van der Waals surface area contributed by atoms with Gasteiger partial charge < -0.3 is 15.2 Å². The van der Waals surface area contributed by atoms with E-state index in [2.05, 4.69) is 36.0 Å². The molecule has 1 aromatic heterocycles. The van der Waals surface area contributed by atoms with E-state index in [1.807, 2.05) is 0 Å². The van der Waals surface area contributed by atoms with E-state index in [0.717, 1.165) is 44.7 Å². The Kier molecular flexibility index (Phi) is 3.78. The maximum atomic E-state index is 11.8. The van der Waals surface area contributed by atoms with Crippen molar-refractivity contribution in [2.75, 3.05) is 13.1 Å². The highest BCUT2D eigenvalue weighted by molar-refractivity contribution is 5.80. The second-order valence-corrected chi connectivity index (χ2v) is 7.22. The maximum absolute atomic E-state index is 11.8. The number of nitrogens with zero attached hydrogens (tertiary/aromatic N) is 2. The van der Waals surface area contributed by atoms with E-state index in [1.165, 1.54) is 11.4 Å². The summed E-state index contributed by atoms with van der Waals surface area (Å²) in [5, 5.41) is 6.45. The lowest BCUT2D eigenvalue weighted by Crippen LogP contribution is -2.31. The van der Waals surface area contributed by atoms with E-state index in [9.17, 15) is 4.79 Å². The second-order valence-electron chi connectivity index (χ2n) is 7.22. The average Bonchev–Trinajstić information content (AvgIpc) is 3.20. The molecule has 0 saturated heterocycles. The van der Waals surface area contributed by atoms with Crippen LogP contribution in [0.5, 0.6) is 0 Å². The molecule has 2 aliphatic rings. The van der Waals surface area contributed by atoms with Crippen LogP contribution in [0, 0.1) is 5.92 Å². The van der Waals surface area contributed by atoms with Crippen molar-refractivity contribution < 1.29 is 4.79 Å². The first-order valence-corrected chi connectivity index (χ1v) is 8.04. The van der Waals surface area contributed by atoms with Crippen LogP contribution in [0.3, 0.4) is 0 Å². The van der Waals surface area contributed by atoms with Crippen LogP contribution >= 0.6 is 0 Å². The molecule has 0 aromatic carbocycles. The van der Waals surface area contributed by atoms with Crippen LogP contribution in [0.25, 0.3) is 0 Å². The van der Waals surface area contributed by atoms with Crippen molar-refractivity contribution in [2.24, 2.45) is 5.92 Å². The van der Waals surface area contributed by atoms with Crippen molar-refractivity contribution in [3.63, 3.8) is 0 Å². The van der Waals surface area contributed by atoms with Crippen molar-refractivity contribution in [1.29, 1.82) is 0 Å². The fourth-order valence-electron chi connectivity index (χ4n) is 2.96. The number of carbonyl (C=O) groups is 1. The summed E-state index contributed by atoms with van der Waals surface area (Å²) in [5.41, 5.74) is 2.55. The zero-order valence-corrected chi connectivity index (χ0v) is 13.3. The second kappa shape index (κ2) is 5.44. The van der Waals surface area contributed by atoms with Crippen LogP contribution in [0.1, 0.15) is 50.8 Å². The summed E-state index contributed by atoms with van der Waals surface area (Å²) in [6.45, 7) is 10.0. The molecule has 0 spiro atoms. The van der Waals surface area contributed by atoms with Gasteiger partial charge in [-0.05, 0) is 12.8 Å². The number of hydrogen-bond donors (Lipinski definition) is 2. The van der Waals surface area contributed by atoms with E-state index >= 15 is 0 Å². The predicted molar refractivity (Wildman–Crippen MR) is 82.1 cm³/mol. The largest absolute Gasteiger partial charge is 0.354 e. The predicted octanol–water partition coefficient (Wildman–Crippen LogP) is 1.35. The molecule has 1 amide bonds. The summed E-state index contributed by atoms with van der Waals surface area (Å²) < 4.78 is 2.34. The molecule has 116 valence electrons. The van der Waals surface area contributed by atoms with Crippen LogP contribution in [-0.4, -0.2) is 28.5 Å². The number of rotatable bonds is 4. The fraction of sp³-hybridized carbons (Fsp3) is 0.750. The van der Waals surface area contributed by atoms with Gasteiger partial charge in [-0.1, -0.05) is 20.8 Å². The van der Waals surface area contributed by atoms with Gasteiger partial charge in [0, 0.05) is 49.6 Å². The lowest BCUT2D eigenvalue weighted by Gasteiger charge is -2.22. The molecule has 0 radical (unpaired) electrons. The molecule has 1 aliphatic heterocycles. The first-order chi connectivity index (χ1) is 9.97. The molecular weight excluding hydrogens is 264 g/mol. The summed E-state index contributed by atoms with van der Waals surface area (Å²) in [7, 11) is 0.